The summed E-state index contributed by atoms with van der Waals surface area (Å²) < 4.78 is 6.34. The summed E-state index contributed by atoms with van der Waals surface area (Å²) in [6, 6.07) is 1.84. The first-order valence-electron chi connectivity index (χ1n) is 4.89. The SMILES string of the molecule is CCOC(C)(C)CNc1cc(Br)ncn1. The van der Waals surface area contributed by atoms with Crippen molar-refractivity contribution in [2.75, 3.05) is 18.5 Å². The Kier molecular flexibility index (Phi) is 4.47. The van der Waals surface area contributed by atoms with Crippen molar-refractivity contribution < 1.29 is 4.74 Å². The van der Waals surface area contributed by atoms with Crippen molar-refractivity contribution in [2.45, 2.75) is 26.4 Å². The first kappa shape index (κ1) is 12.4. The Morgan fingerprint density at radius 2 is 2.20 bits per heavy atom. The van der Waals surface area contributed by atoms with Gasteiger partial charge in [0.25, 0.3) is 0 Å². The van der Waals surface area contributed by atoms with Crippen molar-refractivity contribution in [3.8, 4) is 0 Å². The minimum atomic E-state index is -0.188. The van der Waals surface area contributed by atoms with Crippen LogP contribution in [0.2, 0.25) is 0 Å². The molecule has 0 aliphatic carbocycles. The molecule has 0 saturated heterocycles. The fourth-order valence-electron chi connectivity index (χ4n) is 1.18. The van der Waals surface area contributed by atoms with Crippen molar-refractivity contribution in [1.82, 2.24) is 9.97 Å². The molecule has 84 valence electrons. The topological polar surface area (TPSA) is 47.0 Å². The second-order valence-electron chi connectivity index (χ2n) is 3.77. The van der Waals surface area contributed by atoms with E-state index in [0.717, 1.165) is 10.4 Å². The molecule has 15 heavy (non-hydrogen) atoms. The van der Waals surface area contributed by atoms with Gasteiger partial charge in [-0.15, -0.1) is 0 Å². The van der Waals surface area contributed by atoms with Gasteiger partial charge in [-0.3, -0.25) is 0 Å². The van der Waals surface area contributed by atoms with Gasteiger partial charge in [0.15, 0.2) is 0 Å². The van der Waals surface area contributed by atoms with Gasteiger partial charge in [0.2, 0.25) is 0 Å². The summed E-state index contributed by atoms with van der Waals surface area (Å²) in [6.45, 7) is 7.49. The Labute approximate surface area is 98.6 Å². The number of halogens is 1. The molecule has 0 fully saturated rings. The van der Waals surface area contributed by atoms with Gasteiger partial charge < -0.3 is 10.1 Å². The maximum Gasteiger partial charge on any atom is 0.130 e. The molecule has 0 saturated carbocycles. The van der Waals surface area contributed by atoms with Crippen molar-refractivity contribution in [1.29, 1.82) is 0 Å². The van der Waals surface area contributed by atoms with E-state index in [2.05, 4.69) is 31.2 Å². The zero-order chi connectivity index (χ0) is 11.3. The summed E-state index contributed by atoms with van der Waals surface area (Å²) in [5.74, 6) is 0.796. The van der Waals surface area contributed by atoms with Crippen LogP contribution in [0.25, 0.3) is 0 Å². The maximum absolute atomic E-state index is 5.56. The number of nitrogens with one attached hydrogen (secondary N) is 1. The van der Waals surface area contributed by atoms with Gasteiger partial charge in [-0.1, -0.05) is 0 Å². The first-order chi connectivity index (χ1) is 7.03. The third-order valence-electron chi connectivity index (χ3n) is 1.86. The second-order valence-corrected chi connectivity index (χ2v) is 4.58. The normalized spacial score (nSPS) is 11.5. The van der Waals surface area contributed by atoms with Gasteiger partial charge in [-0.2, -0.15) is 0 Å². The number of nitrogens with zero attached hydrogens (tertiary/aromatic N) is 2. The van der Waals surface area contributed by atoms with Crippen molar-refractivity contribution in [3.63, 3.8) is 0 Å². The van der Waals surface area contributed by atoms with Crippen molar-refractivity contribution in [3.05, 3.63) is 17.0 Å². The summed E-state index contributed by atoms with van der Waals surface area (Å²) in [7, 11) is 0. The Morgan fingerprint density at radius 3 is 2.80 bits per heavy atom. The number of rotatable bonds is 5. The molecule has 1 N–H and O–H groups in total. The molecule has 0 spiro atoms. The van der Waals surface area contributed by atoms with Gasteiger partial charge in [0, 0.05) is 19.2 Å². The molecule has 1 rings (SSSR count). The number of ether oxygens (including phenoxy) is 1. The van der Waals surface area contributed by atoms with E-state index >= 15 is 0 Å². The first-order valence-corrected chi connectivity index (χ1v) is 5.68. The van der Waals surface area contributed by atoms with Crippen LogP contribution in [0.15, 0.2) is 17.0 Å². The molecule has 0 aliphatic heterocycles. The Hall–Kier alpha value is -0.680. The minimum Gasteiger partial charge on any atom is -0.374 e. The van der Waals surface area contributed by atoms with E-state index in [9.17, 15) is 0 Å². The van der Waals surface area contributed by atoms with Crippen molar-refractivity contribution in [2.24, 2.45) is 0 Å². The highest BCUT2D eigenvalue weighted by Gasteiger charge is 2.17. The van der Waals surface area contributed by atoms with Gasteiger partial charge in [-0.05, 0) is 36.7 Å². The third kappa shape index (κ3) is 4.57. The van der Waals surface area contributed by atoms with Crippen LogP contribution in [0.3, 0.4) is 0 Å². The number of hydrogen-bond donors (Lipinski definition) is 1. The molecular formula is C10H16BrN3O. The average molecular weight is 274 g/mol. The fraction of sp³-hybridized carbons (Fsp3) is 0.600. The van der Waals surface area contributed by atoms with Crippen LogP contribution >= 0.6 is 15.9 Å². The lowest BCUT2D eigenvalue weighted by Gasteiger charge is -2.25. The Morgan fingerprint density at radius 1 is 1.47 bits per heavy atom. The molecule has 0 unspecified atom stereocenters. The zero-order valence-electron chi connectivity index (χ0n) is 9.25. The van der Waals surface area contributed by atoms with Crippen LogP contribution in [0.4, 0.5) is 5.82 Å². The molecule has 0 radical (unpaired) electrons. The molecule has 1 heterocycles. The van der Waals surface area contributed by atoms with Crippen LogP contribution in [-0.4, -0.2) is 28.7 Å². The minimum absolute atomic E-state index is 0.188. The summed E-state index contributed by atoms with van der Waals surface area (Å²) in [5, 5.41) is 3.20. The fourth-order valence-corrected chi connectivity index (χ4v) is 1.48. The molecule has 1 aromatic heterocycles. The van der Waals surface area contributed by atoms with Crippen LogP contribution in [0, 0.1) is 0 Å². The highest BCUT2D eigenvalue weighted by atomic mass is 79.9. The highest BCUT2D eigenvalue weighted by Crippen LogP contribution is 2.13. The monoisotopic (exact) mass is 273 g/mol. The van der Waals surface area contributed by atoms with Crippen LogP contribution in [-0.2, 0) is 4.74 Å². The second kappa shape index (κ2) is 5.42. The summed E-state index contributed by atoms with van der Waals surface area (Å²) in [5.41, 5.74) is -0.188. The smallest absolute Gasteiger partial charge is 0.130 e. The van der Waals surface area contributed by atoms with Gasteiger partial charge in [0.05, 0.1) is 5.60 Å². The van der Waals surface area contributed by atoms with Crippen LogP contribution in [0.1, 0.15) is 20.8 Å². The molecule has 0 aliphatic rings. The number of aromatic nitrogens is 2. The average Bonchev–Trinajstić information content (AvgIpc) is 2.15. The lowest BCUT2D eigenvalue weighted by molar-refractivity contribution is 0.000640. The van der Waals surface area contributed by atoms with Crippen molar-refractivity contribution >= 4 is 21.7 Å². The van der Waals surface area contributed by atoms with Crippen LogP contribution < -0.4 is 5.32 Å². The van der Waals surface area contributed by atoms with E-state index in [4.69, 9.17) is 4.74 Å². The predicted molar refractivity (Wildman–Crippen MR) is 63.9 cm³/mol. The lowest BCUT2D eigenvalue weighted by atomic mass is 10.1. The molecule has 0 atom stereocenters. The maximum atomic E-state index is 5.56. The molecule has 0 aromatic carbocycles. The summed E-state index contributed by atoms with van der Waals surface area (Å²) in [4.78, 5) is 8.05. The molecule has 4 nitrogen and oxygen atoms in total. The largest absolute Gasteiger partial charge is 0.374 e. The van der Waals surface area contributed by atoms with E-state index in [-0.39, 0.29) is 5.60 Å². The van der Waals surface area contributed by atoms with E-state index in [0.29, 0.717) is 13.2 Å². The molecule has 0 bridgehead atoms. The van der Waals surface area contributed by atoms with Gasteiger partial charge in [0.1, 0.15) is 16.7 Å². The molecule has 0 amide bonds. The summed E-state index contributed by atoms with van der Waals surface area (Å²) in [6.07, 6.45) is 1.51. The quantitative estimate of drug-likeness (QED) is 0.838. The van der Waals surface area contributed by atoms with Gasteiger partial charge >= 0.3 is 0 Å². The van der Waals surface area contributed by atoms with E-state index in [1.807, 2.05) is 26.8 Å². The molecule has 1 aromatic rings. The Bertz CT molecular complexity index is 317. The highest BCUT2D eigenvalue weighted by molar-refractivity contribution is 9.10. The number of hydrogen-bond acceptors (Lipinski definition) is 4. The lowest BCUT2D eigenvalue weighted by Crippen LogP contribution is -2.33. The van der Waals surface area contributed by atoms with Gasteiger partial charge in [-0.25, -0.2) is 9.97 Å². The standard InChI is InChI=1S/C10H16BrN3O/c1-4-15-10(2,3)6-12-9-5-8(11)13-7-14-9/h5,7H,4,6H2,1-3H3,(H,12,13,14). The molecule has 5 heteroatoms. The van der Waals surface area contributed by atoms with Crippen LogP contribution in [0.5, 0.6) is 0 Å². The third-order valence-corrected chi connectivity index (χ3v) is 2.30. The van der Waals surface area contributed by atoms with E-state index in [1.54, 1.807) is 0 Å². The Balaban J connectivity index is 2.49. The molecular weight excluding hydrogens is 258 g/mol. The number of anilines is 1. The van der Waals surface area contributed by atoms with E-state index < -0.39 is 0 Å². The van der Waals surface area contributed by atoms with E-state index in [1.165, 1.54) is 6.33 Å². The predicted octanol–water partition coefficient (Wildman–Crippen LogP) is 2.47. The zero-order valence-corrected chi connectivity index (χ0v) is 10.8. The summed E-state index contributed by atoms with van der Waals surface area (Å²) >= 11 is 3.29.